The number of aromatic nitrogens is 2. The van der Waals surface area contributed by atoms with Crippen molar-refractivity contribution in [3.8, 4) is 0 Å². The van der Waals surface area contributed by atoms with Crippen LogP contribution < -0.4 is 5.73 Å². The molecule has 1 aromatic rings. The highest BCUT2D eigenvalue weighted by Gasteiger charge is 2.43. The Balaban J connectivity index is 2.00. The summed E-state index contributed by atoms with van der Waals surface area (Å²) in [5, 5.41) is 4.70. The SMILES string of the molecule is CC(C)n1nc(C2(N)CC2)cc1C1CC1. The van der Waals surface area contributed by atoms with Crippen LogP contribution in [0.2, 0.25) is 0 Å². The fourth-order valence-electron chi connectivity index (χ4n) is 2.14. The van der Waals surface area contributed by atoms with Crippen LogP contribution in [0.4, 0.5) is 0 Å². The van der Waals surface area contributed by atoms with Gasteiger partial charge < -0.3 is 5.73 Å². The Labute approximate surface area is 90.7 Å². The second-order valence-electron chi connectivity index (χ2n) is 5.42. The first-order valence-corrected chi connectivity index (χ1v) is 5.99. The third-order valence-corrected chi connectivity index (χ3v) is 3.55. The van der Waals surface area contributed by atoms with E-state index >= 15 is 0 Å². The van der Waals surface area contributed by atoms with Crippen LogP contribution in [-0.4, -0.2) is 9.78 Å². The van der Waals surface area contributed by atoms with E-state index in [-0.39, 0.29) is 5.54 Å². The lowest BCUT2D eigenvalue weighted by Gasteiger charge is -2.10. The van der Waals surface area contributed by atoms with Crippen LogP contribution in [-0.2, 0) is 5.54 Å². The minimum atomic E-state index is -0.0796. The number of nitrogens with two attached hydrogens (primary N) is 1. The zero-order chi connectivity index (χ0) is 10.6. The minimum absolute atomic E-state index is 0.0796. The molecule has 82 valence electrons. The molecule has 3 nitrogen and oxygen atoms in total. The zero-order valence-corrected chi connectivity index (χ0v) is 9.53. The van der Waals surface area contributed by atoms with Gasteiger partial charge in [0.15, 0.2) is 0 Å². The van der Waals surface area contributed by atoms with E-state index in [1.807, 2.05) is 0 Å². The Bertz CT molecular complexity index is 364. The van der Waals surface area contributed by atoms with Crippen LogP contribution in [0, 0.1) is 0 Å². The van der Waals surface area contributed by atoms with Crippen molar-refractivity contribution in [1.82, 2.24) is 9.78 Å². The van der Waals surface area contributed by atoms with Crippen LogP contribution >= 0.6 is 0 Å². The molecule has 0 saturated heterocycles. The number of rotatable bonds is 3. The first kappa shape index (κ1) is 9.40. The van der Waals surface area contributed by atoms with Crippen molar-refractivity contribution in [1.29, 1.82) is 0 Å². The van der Waals surface area contributed by atoms with E-state index in [4.69, 9.17) is 10.8 Å². The molecule has 0 radical (unpaired) electrons. The summed E-state index contributed by atoms with van der Waals surface area (Å²) >= 11 is 0. The van der Waals surface area contributed by atoms with Gasteiger partial charge in [0.2, 0.25) is 0 Å². The van der Waals surface area contributed by atoms with Gasteiger partial charge in [0.1, 0.15) is 0 Å². The monoisotopic (exact) mass is 205 g/mol. The molecule has 2 aliphatic carbocycles. The Kier molecular flexibility index (Phi) is 1.78. The molecular formula is C12H19N3. The van der Waals surface area contributed by atoms with E-state index in [9.17, 15) is 0 Å². The maximum Gasteiger partial charge on any atom is 0.0826 e. The van der Waals surface area contributed by atoms with Crippen molar-refractivity contribution < 1.29 is 0 Å². The van der Waals surface area contributed by atoms with Crippen LogP contribution in [0.15, 0.2) is 6.07 Å². The number of nitrogens with zero attached hydrogens (tertiary/aromatic N) is 2. The Hall–Kier alpha value is -0.830. The highest BCUT2D eigenvalue weighted by Crippen LogP contribution is 2.46. The Morgan fingerprint density at radius 1 is 1.47 bits per heavy atom. The number of hydrogen-bond donors (Lipinski definition) is 1. The van der Waals surface area contributed by atoms with E-state index in [0.717, 1.165) is 24.5 Å². The molecule has 0 atom stereocenters. The maximum absolute atomic E-state index is 6.19. The van der Waals surface area contributed by atoms with Crippen LogP contribution in [0.25, 0.3) is 0 Å². The molecule has 2 N–H and O–H groups in total. The van der Waals surface area contributed by atoms with Gasteiger partial charge in [-0.05, 0) is 45.6 Å². The molecule has 0 spiro atoms. The zero-order valence-electron chi connectivity index (χ0n) is 9.53. The summed E-state index contributed by atoms with van der Waals surface area (Å²) in [4.78, 5) is 0. The first-order chi connectivity index (χ1) is 7.10. The van der Waals surface area contributed by atoms with Crippen molar-refractivity contribution in [2.45, 2.75) is 57.0 Å². The van der Waals surface area contributed by atoms with Gasteiger partial charge >= 0.3 is 0 Å². The lowest BCUT2D eigenvalue weighted by molar-refractivity contribution is 0.497. The quantitative estimate of drug-likeness (QED) is 0.822. The van der Waals surface area contributed by atoms with Gasteiger partial charge in [-0.15, -0.1) is 0 Å². The summed E-state index contributed by atoms with van der Waals surface area (Å²) in [5.41, 5.74) is 8.65. The molecule has 2 fully saturated rings. The van der Waals surface area contributed by atoms with Crippen molar-refractivity contribution in [3.63, 3.8) is 0 Å². The lowest BCUT2D eigenvalue weighted by Crippen LogP contribution is -2.20. The maximum atomic E-state index is 6.19. The molecule has 3 heteroatoms. The van der Waals surface area contributed by atoms with Crippen LogP contribution in [0.1, 0.15) is 62.9 Å². The summed E-state index contributed by atoms with van der Waals surface area (Å²) in [6.45, 7) is 4.39. The van der Waals surface area contributed by atoms with E-state index in [2.05, 4.69) is 24.6 Å². The fraction of sp³-hybridized carbons (Fsp3) is 0.750. The smallest absolute Gasteiger partial charge is 0.0826 e. The van der Waals surface area contributed by atoms with E-state index in [1.165, 1.54) is 18.5 Å². The van der Waals surface area contributed by atoms with Gasteiger partial charge in [0, 0.05) is 17.7 Å². The largest absolute Gasteiger partial charge is 0.320 e. The third kappa shape index (κ3) is 1.49. The van der Waals surface area contributed by atoms with Crippen molar-refractivity contribution in [2.24, 2.45) is 5.73 Å². The first-order valence-electron chi connectivity index (χ1n) is 5.99. The normalized spacial score (nSPS) is 23.5. The van der Waals surface area contributed by atoms with Gasteiger partial charge in [-0.3, -0.25) is 4.68 Å². The lowest BCUT2D eigenvalue weighted by atomic mass is 10.1. The Morgan fingerprint density at radius 2 is 2.13 bits per heavy atom. The molecule has 1 heterocycles. The minimum Gasteiger partial charge on any atom is -0.320 e. The van der Waals surface area contributed by atoms with Crippen molar-refractivity contribution in [3.05, 3.63) is 17.5 Å². The standard InChI is InChI=1S/C12H19N3/c1-8(2)15-10(9-3-4-9)7-11(14-15)12(13)5-6-12/h7-9H,3-6,13H2,1-2H3. The molecule has 2 saturated carbocycles. The van der Waals surface area contributed by atoms with Gasteiger partial charge in [0.25, 0.3) is 0 Å². The van der Waals surface area contributed by atoms with Crippen molar-refractivity contribution >= 4 is 0 Å². The summed E-state index contributed by atoms with van der Waals surface area (Å²) in [5.74, 6) is 0.760. The van der Waals surface area contributed by atoms with Crippen molar-refractivity contribution in [2.75, 3.05) is 0 Å². The molecule has 0 amide bonds. The Morgan fingerprint density at radius 3 is 2.60 bits per heavy atom. The van der Waals surface area contributed by atoms with Gasteiger partial charge in [0.05, 0.1) is 11.2 Å². The second-order valence-corrected chi connectivity index (χ2v) is 5.42. The van der Waals surface area contributed by atoms with Crippen LogP contribution in [0.3, 0.4) is 0 Å². The number of hydrogen-bond acceptors (Lipinski definition) is 2. The average molecular weight is 205 g/mol. The van der Waals surface area contributed by atoms with Gasteiger partial charge in [-0.25, -0.2) is 0 Å². The summed E-state index contributed by atoms with van der Waals surface area (Å²) < 4.78 is 2.18. The molecule has 3 rings (SSSR count). The molecular weight excluding hydrogens is 186 g/mol. The van der Waals surface area contributed by atoms with Gasteiger partial charge in [-0.1, -0.05) is 0 Å². The molecule has 15 heavy (non-hydrogen) atoms. The van der Waals surface area contributed by atoms with Gasteiger partial charge in [-0.2, -0.15) is 5.10 Å². The molecule has 0 unspecified atom stereocenters. The summed E-state index contributed by atoms with van der Waals surface area (Å²) in [6, 6.07) is 2.71. The van der Waals surface area contributed by atoms with Crippen LogP contribution in [0.5, 0.6) is 0 Å². The highest BCUT2D eigenvalue weighted by molar-refractivity contribution is 5.28. The molecule has 1 aromatic heterocycles. The topological polar surface area (TPSA) is 43.8 Å². The molecule has 0 aliphatic heterocycles. The molecule has 2 aliphatic rings. The van der Waals surface area contributed by atoms with E-state index < -0.39 is 0 Å². The second kappa shape index (κ2) is 2.85. The molecule has 0 bridgehead atoms. The van der Waals surface area contributed by atoms with E-state index in [1.54, 1.807) is 0 Å². The highest BCUT2D eigenvalue weighted by atomic mass is 15.3. The summed E-state index contributed by atoms with van der Waals surface area (Å²) in [6.07, 6.45) is 4.86. The third-order valence-electron chi connectivity index (χ3n) is 3.55. The fourth-order valence-corrected chi connectivity index (χ4v) is 2.14. The average Bonchev–Trinajstić information content (AvgIpc) is 3.09. The predicted octanol–water partition coefficient (Wildman–Crippen LogP) is 2.29. The molecule has 0 aromatic carbocycles. The predicted molar refractivity (Wildman–Crippen MR) is 59.7 cm³/mol. The van der Waals surface area contributed by atoms with E-state index in [0.29, 0.717) is 6.04 Å². The summed E-state index contributed by atoms with van der Waals surface area (Å²) in [7, 11) is 0.